The molecule has 1 N–H and O–H groups in total. The molecule has 1 rings (SSSR count). The van der Waals surface area contributed by atoms with Crippen LogP contribution < -0.4 is 0 Å². The van der Waals surface area contributed by atoms with E-state index in [4.69, 9.17) is 0 Å². The first-order valence-electron chi connectivity index (χ1n) is 5.92. The molecule has 1 aromatic rings. The molecule has 2 atom stereocenters. The summed E-state index contributed by atoms with van der Waals surface area (Å²) in [4.78, 5) is 13.2. The third-order valence-corrected chi connectivity index (χ3v) is 3.63. The molecule has 1 aromatic carbocycles. The van der Waals surface area contributed by atoms with Crippen molar-refractivity contribution in [2.45, 2.75) is 32.5 Å². The highest BCUT2D eigenvalue weighted by Gasteiger charge is 2.23. The fraction of sp³-hybridized carbons (Fsp3) is 0.357. The Balaban J connectivity index is 3.04. The molecule has 0 aliphatic rings. The van der Waals surface area contributed by atoms with Gasteiger partial charge in [0.1, 0.15) is 5.82 Å². The van der Waals surface area contributed by atoms with Crippen molar-refractivity contribution >= 4 is 21.8 Å². The molecule has 0 bridgehead atoms. The molecule has 19 heavy (non-hydrogen) atoms. The van der Waals surface area contributed by atoms with Gasteiger partial charge < -0.3 is 10.0 Å². The predicted molar refractivity (Wildman–Crippen MR) is 76.0 cm³/mol. The normalized spacial score (nSPS) is 13.7. The second-order valence-electron chi connectivity index (χ2n) is 4.36. The highest BCUT2D eigenvalue weighted by molar-refractivity contribution is 9.10. The molecular weight excluding hydrogens is 313 g/mol. The van der Waals surface area contributed by atoms with Gasteiger partial charge in [-0.25, -0.2) is 4.39 Å². The lowest BCUT2D eigenvalue weighted by atomic mass is 10.1. The van der Waals surface area contributed by atoms with Crippen LogP contribution in [0.25, 0.3) is 0 Å². The Morgan fingerprint density at radius 3 is 2.74 bits per heavy atom. The van der Waals surface area contributed by atoms with Crippen molar-refractivity contribution in [3.63, 3.8) is 0 Å². The number of amides is 1. The molecule has 0 aromatic heterocycles. The number of hydrogen-bond donors (Lipinski definition) is 1. The number of carbonyl (C=O) groups excluding carboxylic acids is 1. The van der Waals surface area contributed by atoms with Crippen molar-refractivity contribution in [2.75, 3.05) is 0 Å². The quantitative estimate of drug-likeness (QED) is 0.844. The summed E-state index contributed by atoms with van der Waals surface area (Å²) in [5.74, 6) is -0.741. The van der Waals surface area contributed by atoms with Gasteiger partial charge in [-0.1, -0.05) is 18.7 Å². The smallest absolute Gasteiger partial charge is 0.246 e. The van der Waals surface area contributed by atoms with Crippen LogP contribution in [-0.4, -0.2) is 28.1 Å². The largest absolute Gasteiger partial charge is 0.391 e. The van der Waals surface area contributed by atoms with Crippen LogP contribution in [0.15, 0.2) is 35.3 Å². The molecule has 0 radical (unpaired) electrons. The van der Waals surface area contributed by atoms with Gasteiger partial charge in [-0.3, -0.25) is 4.79 Å². The minimum Gasteiger partial charge on any atom is -0.391 e. The summed E-state index contributed by atoms with van der Waals surface area (Å²) in [6, 6.07) is 4.48. The van der Waals surface area contributed by atoms with E-state index < -0.39 is 18.0 Å². The van der Waals surface area contributed by atoms with Crippen LogP contribution in [-0.2, 0) is 11.3 Å². The van der Waals surface area contributed by atoms with E-state index in [1.54, 1.807) is 32.0 Å². The van der Waals surface area contributed by atoms with Gasteiger partial charge in [0.25, 0.3) is 0 Å². The first-order chi connectivity index (χ1) is 8.88. The average molecular weight is 330 g/mol. The van der Waals surface area contributed by atoms with Crippen molar-refractivity contribution in [1.29, 1.82) is 0 Å². The van der Waals surface area contributed by atoms with Gasteiger partial charge in [-0.05, 0) is 41.9 Å². The molecule has 0 saturated carbocycles. The van der Waals surface area contributed by atoms with Gasteiger partial charge in [0.15, 0.2) is 0 Å². The van der Waals surface area contributed by atoms with Crippen LogP contribution in [0.2, 0.25) is 0 Å². The monoisotopic (exact) mass is 329 g/mol. The van der Waals surface area contributed by atoms with Gasteiger partial charge >= 0.3 is 0 Å². The van der Waals surface area contributed by atoms with Crippen LogP contribution >= 0.6 is 15.9 Å². The SMILES string of the molecule is C=CC(=O)N(Cc1cccc(Br)c1F)[C@@H](C)[C@H](C)O. The standard InChI is InChI=1S/C14H17BrFNO2/c1-4-13(19)17(9(2)10(3)18)8-11-6-5-7-12(15)14(11)16/h4-7,9-10,18H,1,8H2,2-3H3/t9-,10-/m0/s1. The van der Waals surface area contributed by atoms with Crippen LogP contribution in [0, 0.1) is 5.82 Å². The molecule has 0 saturated heterocycles. The van der Waals surface area contributed by atoms with Crippen LogP contribution in [0.4, 0.5) is 4.39 Å². The lowest BCUT2D eigenvalue weighted by Crippen LogP contribution is -2.43. The third kappa shape index (κ3) is 3.88. The first kappa shape index (κ1) is 15.9. The Kier molecular flexibility index (Phi) is 5.69. The molecule has 0 spiro atoms. The van der Waals surface area contributed by atoms with Gasteiger partial charge in [0, 0.05) is 12.1 Å². The minimum atomic E-state index is -0.709. The van der Waals surface area contributed by atoms with Gasteiger partial charge in [0.05, 0.1) is 16.6 Å². The number of aliphatic hydroxyl groups is 1. The molecule has 0 aliphatic heterocycles. The molecule has 3 nitrogen and oxygen atoms in total. The summed E-state index contributed by atoms with van der Waals surface area (Å²) >= 11 is 3.11. The number of rotatable bonds is 5. The Hall–Kier alpha value is -1.20. The zero-order chi connectivity index (χ0) is 14.6. The molecule has 0 heterocycles. The summed E-state index contributed by atoms with van der Waals surface area (Å²) in [6.45, 7) is 6.81. The molecular formula is C14H17BrFNO2. The lowest BCUT2D eigenvalue weighted by molar-refractivity contribution is -0.130. The highest BCUT2D eigenvalue weighted by atomic mass is 79.9. The Labute approximate surface area is 120 Å². The van der Waals surface area contributed by atoms with E-state index in [1.165, 1.54) is 4.90 Å². The van der Waals surface area contributed by atoms with E-state index in [9.17, 15) is 14.3 Å². The Morgan fingerprint density at radius 1 is 1.58 bits per heavy atom. The van der Waals surface area contributed by atoms with E-state index in [2.05, 4.69) is 22.5 Å². The number of halogens is 2. The molecule has 1 amide bonds. The van der Waals surface area contributed by atoms with Crippen LogP contribution in [0.5, 0.6) is 0 Å². The summed E-state index contributed by atoms with van der Waals surface area (Å²) in [6.07, 6.45) is 0.452. The minimum absolute atomic E-state index is 0.0855. The van der Waals surface area contributed by atoms with Crippen molar-refractivity contribution in [3.05, 3.63) is 46.7 Å². The van der Waals surface area contributed by atoms with E-state index >= 15 is 0 Å². The fourth-order valence-electron chi connectivity index (χ4n) is 1.65. The zero-order valence-corrected chi connectivity index (χ0v) is 12.5. The number of nitrogens with zero attached hydrogens (tertiary/aromatic N) is 1. The maximum absolute atomic E-state index is 13.9. The van der Waals surface area contributed by atoms with Gasteiger partial charge in [-0.2, -0.15) is 0 Å². The lowest BCUT2D eigenvalue weighted by Gasteiger charge is -2.30. The number of carbonyl (C=O) groups is 1. The number of benzene rings is 1. The fourth-order valence-corrected chi connectivity index (χ4v) is 2.06. The molecule has 104 valence electrons. The highest BCUT2D eigenvalue weighted by Crippen LogP contribution is 2.21. The predicted octanol–water partition coefficient (Wildman–Crippen LogP) is 2.87. The summed E-state index contributed by atoms with van der Waals surface area (Å²) < 4.78 is 14.3. The molecule has 0 unspecified atom stereocenters. The number of aliphatic hydroxyl groups excluding tert-OH is 1. The average Bonchev–Trinajstić information content (AvgIpc) is 2.38. The van der Waals surface area contributed by atoms with Crippen LogP contribution in [0.1, 0.15) is 19.4 Å². The maximum Gasteiger partial charge on any atom is 0.246 e. The summed E-state index contributed by atoms with van der Waals surface area (Å²) in [5.41, 5.74) is 0.386. The topological polar surface area (TPSA) is 40.5 Å². The van der Waals surface area contributed by atoms with Crippen molar-refractivity contribution in [3.8, 4) is 0 Å². The summed E-state index contributed by atoms with van der Waals surface area (Å²) in [7, 11) is 0. The third-order valence-electron chi connectivity index (χ3n) is 3.02. The summed E-state index contributed by atoms with van der Waals surface area (Å²) in [5, 5.41) is 9.61. The van der Waals surface area contributed by atoms with Gasteiger partial charge in [0.2, 0.25) is 5.91 Å². The van der Waals surface area contributed by atoms with Gasteiger partial charge in [-0.15, -0.1) is 0 Å². The molecule has 0 fully saturated rings. The zero-order valence-electron chi connectivity index (χ0n) is 10.9. The number of hydrogen-bond acceptors (Lipinski definition) is 2. The van der Waals surface area contributed by atoms with Crippen molar-refractivity contribution in [1.82, 2.24) is 4.90 Å². The van der Waals surface area contributed by atoms with Crippen LogP contribution in [0.3, 0.4) is 0 Å². The Bertz CT molecular complexity index is 477. The maximum atomic E-state index is 13.9. The molecule has 0 aliphatic carbocycles. The first-order valence-corrected chi connectivity index (χ1v) is 6.71. The van der Waals surface area contributed by atoms with Crippen molar-refractivity contribution < 1.29 is 14.3 Å². The molecule has 5 heteroatoms. The van der Waals surface area contributed by atoms with Crippen molar-refractivity contribution in [2.24, 2.45) is 0 Å². The van der Waals surface area contributed by atoms with E-state index in [-0.39, 0.29) is 12.5 Å². The second kappa shape index (κ2) is 6.82. The second-order valence-corrected chi connectivity index (χ2v) is 5.22. The van der Waals surface area contributed by atoms with E-state index in [0.29, 0.717) is 10.0 Å². The van der Waals surface area contributed by atoms with E-state index in [1.807, 2.05) is 0 Å². The Morgan fingerprint density at radius 2 is 2.21 bits per heavy atom. The van der Waals surface area contributed by atoms with E-state index in [0.717, 1.165) is 6.08 Å².